The number of nitrogens with zero attached hydrogens (tertiary/aromatic N) is 1. The van der Waals surface area contributed by atoms with E-state index in [0.29, 0.717) is 22.6 Å². The van der Waals surface area contributed by atoms with Gasteiger partial charge in [-0.2, -0.15) is 0 Å². The summed E-state index contributed by atoms with van der Waals surface area (Å²) in [5, 5.41) is 11.2. The highest BCUT2D eigenvalue weighted by molar-refractivity contribution is 6.32. The van der Waals surface area contributed by atoms with Crippen LogP contribution in [0.4, 0.5) is 5.69 Å². The van der Waals surface area contributed by atoms with Crippen molar-refractivity contribution in [3.63, 3.8) is 0 Å². The van der Waals surface area contributed by atoms with Crippen molar-refractivity contribution in [2.75, 3.05) is 0 Å². The van der Waals surface area contributed by atoms with Crippen molar-refractivity contribution in [3.05, 3.63) is 62.7 Å². The fraction of sp³-hybridized carbons (Fsp3) is 0.133. The van der Waals surface area contributed by atoms with Crippen molar-refractivity contribution in [2.45, 2.75) is 13.8 Å². The Hall–Kier alpha value is -2.40. The zero-order valence-corrected chi connectivity index (χ0v) is 12.2. The molecule has 0 saturated carbocycles. The van der Waals surface area contributed by atoms with Crippen LogP contribution >= 0.6 is 11.6 Å². The van der Waals surface area contributed by atoms with Crippen LogP contribution in [0, 0.1) is 17.0 Å². The summed E-state index contributed by atoms with van der Waals surface area (Å²) in [6.45, 7) is 3.04. The second-order valence-electron chi connectivity index (χ2n) is 4.46. The molecule has 0 fully saturated rings. The molecular formula is C15H12ClNO4. The molecule has 0 spiro atoms. The molecule has 108 valence electrons. The number of nitro groups is 1. The van der Waals surface area contributed by atoms with E-state index in [1.807, 2.05) is 0 Å². The van der Waals surface area contributed by atoms with Gasteiger partial charge in [-0.1, -0.05) is 17.7 Å². The summed E-state index contributed by atoms with van der Waals surface area (Å²) in [5.74, 6) is 0.585. The summed E-state index contributed by atoms with van der Waals surface area (Å²) in [7, 11) is 0. The van der Waals surface area contributed by atoms with E-state index < -0.39 is 4.92 Å². The van der Waals surface area contributed by atoms with Gasteiger partial charge in [0.1, 0.15) is 11.5 Å². The summed E-state index contributed by atoms with van der Waals surface area (Å²) >= 11 is 6.07. The van der Waals surface area contributed by atoms with E-state index in [1.165, 1.54) is 25.1 Å². The lowest BCUT2D eigenvalue weighted by Gasteiger charge is -2.10. The molecule has 0 aromatic heterocycles. The minimum atomic E-state index is -0.470. The van der Waals surface area contributed by atoms with Crippen molar-refractivity contribution < 1.29 is 14.5 Å². The van der Waals surface area contributed by atoms with Crippen LogP contribution in [0.25, 0.3) is 0 Å². The minimum Gasteiger partial charge on any atom is -0.455 e. The Balaban J connectivity index is 2.37. The lowest BCUT2D eigenvalue weighted by atomic mass is 10.1. The standard InChI is InChI=1S/C15H12ClNO4/c1-9-13(17(19)20)4-3-5-14(9)21-15-7-6-11(10(2)18)8-12(15)16/h3-8H,1-2H3. The van der Waals surface area contributed by atoms with Gasteiger partial charge >= 0.3 is 0 Å². The van der Waals surface area contributed by atoms with E-state index in [0.717, 1.165) is 0 Å². The average molecular weight is 306 g/mol. The highest BCUT2D eigenvalue weighted by atomic mass is 35.5. The third kappa shape index (κ3) is 3.20. The quantitative estimate of drug-likeness (QED) is 0.472. The predicted octanol–water partition coefficient (Wildman–Crippen LogP) is 4.55. The molecule has 0 N–H and O–H groups in total. The van der Waals surface area contributed by atoms with E-state index in [1.54, 1.807) is 25.1 Å². The highest BCUT2D eigenvalue weighted by Crippen LogP contribution is 2.34. The minimum absolute atomic E-state index is 0.0241. The Morgan fingerprint density at radius 3 is 2.52 bits per heavy atom. The van der Waals surface area contributed by atoms with Gasteiger partial charge in [0, 0.05) is 11.6 Å². The van der Waals surface area contributed by atoms with Crippen molar-refractivity contribution in [2.24, 2.45) is 0 Å². The van der Waals surface area contributed by atoms with Gasteiger partial charge in [-0.3, -0.25) is 14.9 Å². The number of hydrogen-bond acceptors (Lipinski definition) is 4. The third-order valence-corrected chi connectivity index (χ3v) is 3.31. The summed E-state index contributed by atoms with van der Waals surface area (Å²) in [5.41, 5.74) is 0.862. The van der Waals surface area contributed by atoms with Gasteiger partial charge in [0.15, 0.2) is 5.78 Å². The largest absolute Gasteiger partial charge is 0.455 e. The second kappa shape index (κ2) is 5.93. The molecule has 0 heterocycles. The smallest absolute Gasteiger partial charge is 0.276 e. The zero-order chi connectivity index (χ0) is 15.6. The van der Waals surface area contributed by atoms with Gasteiger partial charge < -0.3 is 4.74 Å². The van der Waals surface area contributed by atoms with Gasteiger partial charge in [-0.25, -0.2) is 0 Å². The number of carbonyl (C=O) groups is 1. The molecule has 0 bridgehead atoms. The summed E-state index contributed by atoms with van der Waals surface area (Å²) in [6, 6.07) is 9.23. The Labute approximate surface area is 126 Å². The van der Waals surface area contributed by atoms with Gasteiger partial charge in [-0.05, 0) is 38.1 Å². The molecule has 0 amide bonds. The molecule has 5 nitrogen and oxygen atoms in total. The number of ether oxygens (including phenoxy) is 1. The van der Waals surface area contributed by atoms with Crippen molar-refractivity contribution in [1.29, 1.82) is 0 Å². The summed E-state index contributed by atoms with van der Waals surface area (Å²) in [6.07, 6.45) is 0. The van der Waals surface area contributed by atoms with Crippen LogP contribution in [0.2, 0.25) is 5.02 Å². The number of nitro benzene ring substituents is 1. The maximum Gasteiger partial charge on any atom is 0.276 e. The summed E-state index contributed by atoms with van der Waals surface area (Å²) in [4.78, 5) is 21.7. The molecule has 0 aliphatic carbocycles. The van der Waals surface area contributed by atoms with Gasteiger partial charge in [0.25, 0.3) is 5.69 Å². The van der Waals surface area contributed by atoms with Crippen molar-refractivity contribution >= 4 is 23.1 Å². The first-order chi connectivity index (χ1) is 9.90. The van der Waals surface area contributed by atoms with Crippen LogP contribution in [-0.2, 0) is 0 Å². The molecule has 0 unspecified atom stereocenters. The molecule has 2 aromatic rings. The number of carbonyl (C=O) groups excluding carboxylic acids is 1. The fourth-order valence-electron chi connectivity index (χ4n) is 1.83. The lowest BCUT2D eigenvalue weighted by molar-refractivity contribution is -0.385. The second-order valence-corrected chi connectivity index (χ2v) is 4.87. The van der Waals surface area contributed by atoms with E-state index >= 15 is 0 Å². The lowest BCUT2D eigenvalue weighted by Crippen LogP contribution is -1.96. The molecule has 2 rings (SSSR count). The normalized spacial score (nSPS) is 10.2. The van der Waals surface area contributed by atoms with Gasteiger partial charge in [-0.15, -0.1) is 0 Å². The predicted molar refractivity (Wildman–Crippen MR) is 79.4 cm³/mol. The van der Waals surface area contributed by atoms with Gasteiger partial charge in [0.2, 0.25) is 0 Å². The van der Waals surface area contributed by atoms with Crippen LogP contribution in [0.3, 0.4) is 0 Å². The summed E-state index contributed by atoms with van der Waals surface area (Å²) < 4.78 is 5.62. The molecule has 21 heavy (non-hydrogen) atoms. The number of hydrogen-bond donors (Lipinski definition) is 0. The monoisotopic (exact) mass is 305 g/mol. The molecular weight excluding hydrogens is 294 g/mol. The first-order valence-corrected chi connectivity index (χ1v) is 6.50. The molecule has 2 aromatic carbocycles. The molecule has 0 aliphatic rings. The Bertz CT molecular complexity index is 728. The maximum atomic E-state index is 11.3. The Morgan fingerprint density at radius 1 is 1.24 bits per heavy atom. The SMILES string of the molecule is CC(=O)c1ccc(Oc2cccc([N+](=O)[O-])c2C)c(Cl)c1. The molecule has 6 heteroatoms. The van der Waals surface area contributed by atoms with Crippen LogP contribution in [0.15, 0.2) is 36.4 Å². The van der Waals surface area contributed by atoms with E-state index in [9.17, 15) is 14.9 Å². The van der Waals surface area contributed by atoms with Crippen molar-refractivity contribution in [1.82, 2.24) is 0 Å². The van der Waals surface area contributed by atoms with E-state index in [4.69, 9.17) is 16.3 Å². The van der Waals surface area contributed by atoms with Gasteiger partial charge in [0.05, 0.1) is 15.5 Å². The molecule has 0 aliphatic heterocycles. The van der Waals surface area contributed by atoms with Crippen LogP contribution < -0.4 is 4.74 Å². The third-order valence-electron chi connectivity index (χ3n) is 3.01. The zero-order valence-electron chi connectivity index (χ0n) is 11.4. The Kier molecular flexibility index (Phi) is 4.23. The molecule has 0 saturated heterocycles. The number of halogens is 1. The van der Waals surface area contributed by atoms with Crippen molar-refractivity contribution in [3.8, 4) is 11.5 Å². The number of rotatable bonds is 4. The topological polar surface area (TPSA) is 69.4 Å². The number of benzene rings is 2. The van der Waals surface area contributed by atoms with E-state index in [-0.39, 0.29) is 16.5 Å². The highest BCUT2D eigenvalue weighted by Gasteiger charge is 2.15. The Morgan fingerprint density at radius 2 is 1.95 bits per heavy atom. The van der Waals surface area contributed by atoms with E-state index in [2.05, 4.69) is 0 Å². The van der Waals surface area contributed by atoms with Crippen LogP contribution in [0.1, 0.15) is 22.8 Å². The average Bonchev–Trinajstić information content (AvgIpc) is 2.42. The first-order valence-electron chi connectivity index (χ1n) is 6.12. The molecule has 0 radical (unpaired) electrons. The van der Waals surface area contributed by atoms with Crippen LogP contribution in [0.5, 0.6) is 11.5 Å². The number of Topliss-reactive ketones (excluding diaryl/α,β-unsaturated/α-hetero) is 1. The van der Waals surface area contributed by atoms with Crippen LogP contribution in [-0.4, -0.2) is 10.7 Å². The maximum absolute atomic E-state index is 11.3. The number of ketones is 1. The first kappa shape index (κ1) is 15.0. The molecule has 0 atom stereocenters. The fourth-order valence-corrected chi connectivity index (χ4v) is 2.05.